The quantitative estimate of drug-likeness (QED) is 0.385. The number of nitrogens with zero attached hydrogens (tertiary/aromatic N) is 1. The van der Waals surface area contributed by atoms with Gasteiger partial charge in [0.1, 0.15) is 0 Å². The van der Waals surface area contributed by atoms with Crippen LogP contribution in [0.25, 0.3) is 0 Å². The summed E-state index contributed by atoms with van der Waals surface area (Å²) < 4.78 is 16.1. The normalized spacial score (nSPS) is 15.1. The lowest BCUT2D eigenvalue weighted by Crippen LogP contribution is -2.43. The van der Waals surface area contributed by atoms with Gasteiger partial charge in [0.05, 0.1) is 21.3 Å². The molecule has 1 aromatic rings. The van der Waals surface area contributed by atoms with E-state index in [9.17, 15) is 0 Å². The second kappa shape index (κ2) is 11.3. The minimum absolute atomic E-state index is 0. The van der Waals surface area contributed by atoms with Crippen LogP contribution in [0.2, 0.25) is 0 Å². The molecule has 142 valence electrons. The number of benzene rings is 1. The molecule has 0 radical (unpaired) electrons. The molecule has 0 spiro atoms. The van der Waals surface area contributed by atoms with Crippen LogP contribution < -0.4 is 24.8 Å². The van der Waals surface area contributed by atoms with Crippen molar-refractivity contribution < 1.29 is 14.2 Å². The number of methoxy groups -OCH3 is 3. The van der Waals surface area contributed by atoms with Crippen molar-refractivity contribution in [2.24, 2.45) is 4.99 Å². The third-order valence-electron chi connectivity index (χ3n) is 4.35. The average molecular weight is 463 g/mol. The summed E-state index contributed by atoms with van der Waals surface area (Å²) in [6.45, 7) is 0.628. The van der Waals surface area contributed by atoms with Crippen LogP contribution >= 0.6 is 24.0 Å². The standard InChI is InChI=1S/C18H29N3O3.HI/c1-19-18(21-14-8-6-5-7-9-14)20-12-13-10-15(22-2)17(24-4)16(11-13)23-3;/h10-11,14H,5-9,12H2,1-4H3,(H2,19,20,21);1H. The SMILES string of the molecule is CN=C(NCc1cc(OC)c(OC)c(OC)c1)NC1CCCCC1.I. The van der Waals surface area contributed by atoms with Gasteiger partial charge in [0.15, 0.2) is 17.5 Å². The van der Waals surface area contributed by atoms with Gasteiger partial charge in [0, 0.05) is 19.6 Å². The van der Waals surface area contributed by atoms with Crippen molar-refractivity contribution in [3.8, 4) is 17.2 Å². The Balaban J connectivity index is 0.00000312. The highest BCUT2D eigenvalue weighted by Gasteiger charge is 2.16. The van der Waals surface area contributed by atoms with Gasteiger partial charge in [-0.05, 0) is 30.5 Å². The van der Waals surface area contributed by atoms with Crippen molar-refractivity contribution in [3.05, 3.63) is 17.7 Å². The monoisotopic (exact) mass is 463 g/mol. The molecule has 0 amide bonds. The number of ether oxygens (including phenoxy) is 3. The van der Waals surface area contributed by atoms with E-state index < -0.39 is 0 Å². The van der Waals surface area contributed by atoms with Crippen LogP contribution in [0.1, 0.15) is 37.7 Å². The Morgan fingerprint density at radius 2 is 1.64 bits per heavy atom. The molecular weight excluding hydrogens is 433 g/mol. The van der Waals surface area contributed by atoms with E-state index in [-0.39, 0.29) is 24.0 Å². The fourth-order valence-electron chi connectivity index (χ4n) is 3.06. The average Bonchev–Trinajstić information content (AvgIpc) is 2.64. The molecule has 2 N–H and O–H groups in total. The number of hydrogen-bond donors (Lipinski definition) is 2. The minimum Gasteiger partial charge on any atom is -0.493 e. The molecule has 7 heteroatoms. The summed E-state index contributed by atoms with van der Waals surface area (Å²) in [5.74, 6) is 2.75. The van der Waals surface area contributed by atoms with E-state index in [1.807, 2.05) is 12.1 Å². The van der Waals surface area contributed by atoms with E-state index in [1.165, 1.54) is 32.1 Å². The Hall–Kier alpha value is -1.38. The number of hydrogen-bond acceptors (Lipinski definition) is 4. The van der Waals surface area contributed by atoms with Crippen molar-refractivity contribution in [2.45, 2.75) is 44.7 Å². The van der Waals surface area contributed by atoms with E-state index in [0.717, 1.165) is 11.5 Å². The Bertz CT molecular complexity index is 535. The van der Waals surface area contributed by atoms with Crippen molar-refractivity contribution in [1.29, 1.82) is 0 Å². The molecule has 0 aliphatic heterocycles. The second-order valence-corrected chi connectivity index (χ2v) is 5.94. The fraction of sp³-hybridized carbons (Fsp3) is 0.611. The Morgan fingerprint density at radius 1 is 1.04 bits per heavy atom. The molecule has 1 saturated carbocycles. The Labute approximate surface area is 167 Å². The van der Waals surface area contributed by atoms with E-state index in [2.05, 4.69) is 15.6 Å². The molecule has 2 rings (SSSR count). The van der Waals surface area contributed by atoms with Gasteiger partial charge in [-0.3, -0.25) is 4.99 Å². The summed E-state index contributed by atoms with van der Waals surface area (Å²) in [6, 6.07) is 4.41. The van der Waals surface area contributed by atoms with E-state index in [4.69, 9.17) is 14.2 Å². The number of aliphatic imine (C=N–C) groups is 1. The summed E-state index contributed by atoms with van der Waals surface area (Å²) in [5, 5.41) is 6.87. The highest BCUT2D eigenvalue weighted by molar-refractivity contribution is 14.0. The van der Waals surface area contributed by atoms with Gasteiger partial charge < -0.3 is 24.8 Å². The summed E-state index contributed by atoms with van der Waals surface area (Å²) in [6.07, 6.45) is 6.36. The molecule has 0 atom stereocenters. The van der Waals surface area contributed by atoms with E-state index >= 15 is 0 Å². The Kier molecular flexibility index (Phi) is 9.77. The second-order valence-electron chi connectivity index (χ2n) is 5.94. The minimum atomic E-state index is 0. The summed E-state index contributed by atoms with van der Waals surface area (Å²) in [7, 11) is 6.65. The lowest BCUT2D eigenvalue weighted by molar-refractivity contribution is 0.323. The first-order valence-electron chi connectivity index (χ1n) is 8.47. The van der Waals surface area contributed by atoms with Gasteiger partial charge in [-0.15, -0.1) is 24.0 Å². The number of guanidine groups is 1. The van der Waals surface area contributed by atoms with Crippen LogP contribution in [0.4, 0.5) is 0 Å². The summed E-state index contributed by atoms with van der Waals surface area (Å²) >= 11 is 0. The third kappa shape index (κ3) is 6.13. The molecule has 1 fully saturated rings. The van der Waals surface area contributed by atoms with Crippen LogP contribution in [0, 0.1) is 0 Å². The summed E-state index contributed by atoms with van der Waals surface area (Å²) in [5.41, 5.74) is 1.04. The third-order valence-corrected chi connectivity index (χ3v) is 4.35. The highest BCUT2D eigenvalue weighted by Crippen LogP contribution is 2.38. The summed E-state index contributed by atoms with van der Waals surface area (Å²) in [4.78, 5) is 4.32. The number of nitrogens with one attached hydrogen (secondary N) is 2. The highest BCUT2D eigenvalue weighted by atomic mass is 127. The molecule has 6 nitrogen and oxygen atoms in total. The molecule has 1 aromatic carbocycles. The van der Waals surface area contributed by atoms with Gasteiger partial charge in [-0.2, -0.15) is 0 Å². The lowest BCUT2D eigenvalue weighted by Gasteiger charge is -2.25. The first-order valence-corrected chi connectivity index (χ1v) is 8.47. The fourth-order valence-corrected chi connectivity index (χ4v) is 3.06. The first kappa shape index (κ1) is 21.7. The van der Waals surface area contributed by atoms with Crippen molar-refractivity contribution in [3.63, 3.8) is 0 Å². The van der Waals surface area contributed by atoms with Gasteiger partial charge in [-0.25, -0.2) is 0 Å². The van der Waals surface area contributed by atoms with Gasteiger partial charge >= 0.3 is 0 Å². The predicted octanol–water partition coefficient (Wildman–Crippen LogP) is 3.33. The van der Waals surface area contributed by atoms with Crippen molar-refractivity contribution in [1.82, 2.24) is 10.6 Å². The van der Waals surface area contributed by atoms with Crippen molar-refractivity contribution >= 4 is 29.9 Å². The van der Waals surface area contributed by atoms with E-state index in [1.54, 1.807) is 28.4 Å². The van der Waals surface area contributed by atoms with Crippen LogP contribution in [0.3, 0.4) is 0 Å². The topological polar surface area (TPSA) is 64.1 Å². The molecule has 0 saturated heterocycles. The zero-order valence-electron chi connectivity index (χ0n) is 15.6. The molecule has 0 aromatic heterocycles. The van der Waals surface area contributed by atoms with Gasteiger partial charge in [-0.1, -0.05) is 19.3 Å². The smallest absolute Gasteiger partial charge is 0.203 e. The molecular formula is C18H30IN3O3. The van der Waals surface area contributed by atoms with Crippen LogP contribution in [0.5, 0.6) is 17.2 Å². The zero-order valence-corrected chi connectivity index (χ0v) is 17.9. The molecule has 0 unspecified atom stereocenters. The van der Waals surface area contributed by atoms with Gasteiger partial charge in [0.2, 0.25) is 5.75 Å². The van der Waals surface area contributed by atoms with Crippen LogP contribution in [-0.4, -0.2) is 40.4 Å². The van der Waals surface area contributed by atoms with Crippen molar-refractivity contribution in [2.75, 3.05) is 28.4 Å². The van der Waals surface area contributed by atoms with Crippen LogP contribution in [-0.2, 0) is 6.54 Å². The Morgan fingerprint density at radius 3 is 2.12 bits per heavy atom. The molecule has 25 heavy (non-hydrogen) atoms. The molecule has 1 aliphatic rings. The number of rotatable bonds is 6. The first-order chi connectivity index (χ1) is 11.7. The largest absolute Gasteiger partial charge is 0.493 e. The maximum absolute atomic E-state index is 5.40. The van der Waals surface area contributed by atoms with E-state index in [0.29, 0.717) is 29.8 Å². The predicted molar refractivity (Wildman–Crippen MR) is 112 cm³/mol. The maximum atomic E-state index is 5.40. The molecule has 0 heterocycles. The van der Waals surface area contributed by atoms with Crippen LogP contribution in [0.15, 0.2) is 17.1 Å². The molecule has 0 bridgehead atoms. The van der Waals surface area contributed by atoms with Gasteiger partial charge in [0.25, 0.3) is 0 Å². The lowest BCUT2D eigenvalue weighted by atomic mass is 9.96. The number of halogens is 1. The molecule has 1 aliphatic carbocycles. The maximum Gasteiger partial charge on any atom is 0.203 e. The zero-order chi connectivity index (χ0) is 17.4.